The maximum atomic E-state index is 11.8. The Morgan fingerprint density at radius 3 is 2.56 bits per heavy atom. The van der Waals surface area contributed by atoms with Gasteiger partial charge in [-0.05, 0) is 20.8 Å². The third-order valence-electron chi connectivity index (χ3n) is 2.64. The second kappa shape index (κ2) is 5.31. The molecule has 1 N–H and O–H groups in total. The molecule has 1 heterocycles. The van der Waals surface area contributed by atoms with Crippen LogP contribution in [0, 0.1) is 13.8 Å². The highest BCUT2D eigenvalue weighted by molar-refractivity contribution is 7.17. The summed E-state index contributed by atoms with van der Waals surface area (Å²) in [5.41, 5.74) is 3.07. The zero-order valence-corrected chi connectivity index (χ0v) is 11.6. The van der Waals surface area contributed by atoms with Crippen molar-refractivity contribution in [2.24, 2.45) is 0 Å². The van der Waals surface area contributed by atoms with Gasteiger partial charge in [0.25, 0.3) is 5.91 Å². The third kappa shape index (κ3) is 2.59. The molecule has 0 aliphatic rings. The number of nitrogens with one attached hydrogen (secondary N) is 1. The van der Waals surface area contributed by atoms with Crippen LogP contribution in [0.25, 0.3) is 10.6 Å². The molecule has 0 aliphatic carbocycles. The van der Waals surface area contributed by atoms with Gasteiger partial charge >= 0.3 is 0 Å². The molecule has 0 fully saturated rings. The SMILES string of the molecule is CCNC(=O)c1sc(-c2ccc(C)cc2)nc1C. The van der Waals surface area contributed by atoms with Crippen LogP contribution in [0.1, 0.15) is 27.9 Å². The first kappa shape index (κ1) is 12.8. The predicted octanol–water partition coefficient (Wildman–Crippen LogP) is 3.18. The highest BCUT2D eigenvalue weighted by Crippen LogP contribution is 2.27. The molecule has 0 aliphatic heterocycles. The minimum atomic E-state index is -0.0362. The van der Waals surface area contributed by atoms with Gasteiger partial charge in [0.1, 0.15) is 9.88 Å². The minimum Gasteiger partial charge on any atom is -0.352 e. The van der Waals surface area contributed by atoms with Crippen LogP contribution in [-0.2, 0) is 0 Å². The number of amides is 1. The fourth-order valence-electron chi connectivity index (χ4n) is 1.67. The van der Waals surface area contributed by atoms with Crippen LogP contribution in [0.15, 0.2) is 24.3 Å². The van der Waals surface area contributed by atoms with Crippen LogP contribution in [0.3, 0.4) is 0 Å². The van der Waals surface area contributed by atoms with Gasteiger partial charge in [0, 0.05) is 12.1 Å². The average Bonchev–Trinajstić information content (AvgIpc) is 2.72. The highest BCUT2D eigenvalue weighted by Gasteiger charge is 2.15. The van der Waals surface area contributed by atoms with Crippen LogP contribution in [0.4, 0.5) is 0 Å². The van der Waals surface area contributed by atoms with Gasteiger partial charge in [0.05, 0.1) is 5.69 Å². The van der Waals surface area contributed by atoms with Crippen LogP contribution < -0.4 is 5.32 Å². The van der Waals surface area contributed by atoms with Crippen molar-refractivity contribution in [1.82, 2.24) is 10.3 Å². The van der Waals surface area contributed by atoms with E-state index in [9.17, 15) is 4.79 Å². The standard InChI is InChI=1S/C14H16N2OS/c1-4-15-13(17)12-10(3)16-14(18-12)11-7-5-9(2)6-8-11/h5-8H,4H2,1-3H3,(H,15,17). The Morgan fingerprint density at radius 2 is 1.94 bits per heavy atom. The van der Waals surface area contributed by atoms with Gasteiger partial charge in [-0.2, -0.15) is 0 Å². The normalized spacial score (nSPS) is 10.4. The number of aromatic nitrogens is 1. The van der Waals surface area contributed by atoms with Crippen molar-refractivity contribution in [2.45, 2.75) is 20.8 Å². The molecule has 1 amide bonds. The molecule has 0 atom stereocenters. The van der Waals surface area contributed by atoms with Crippen molar-refractivity contribution in [2.75, 3.05) is 6.54 Å². The number of benzene rings is 1. The van der Waals surface area contributed by atoms with Crippen molar-refractivity contribution in [3.8, 4) is 10.6 Å². The summed E-state index contributed by atoms with van der Waals surface area (Å²) in [7, 11) is 0. The Balaban J connectivity index is 2.34. The first-order valence-electron chi connectivity index (χ1n) is 5.94. The van der Waals surface area contributed by atoms with E-state index in [0.29, 0.717) is 11.4 Å². The Hall–Kier alpha value is -1.68. The third-order valence-corrected chi connectivity index (χ3v) is 3.84. The zero-order chi connectivity index (χ0) is 13.1. The lowest BCUT2D eigenvalue weighted by molar-refractivity contribution is 0.0959. The van der Waals surface area contributed by atoms with Crippen molar-refractivity contribution in [3.05, 3.63) is 40.4 Å². The van der Waals surface area contributed by atoms with E-state index in [1.54, 1.807) is 0 Å². The molecule has 94 valence electrons. The molecule has 0 radical (unpaired) electrons. The summed E-state index contributed by atoms with van der Waals surface area (Å²) in [6, 6.07) is 8.18. The summed E-state index contributed by atoms with van der Waals surface area (Å²) < 4.78 is 0. The summed E-state index contributed by atoms with van der Waals surface area (Å²) in [6.45, 7) is 6.47. The van der Waals surface area contributed by atoms with Crippen LogP contribution in [-0.4, -0.2) is 17.4 Å². The van der Waals surface area contributed by atoms with Gasteiger partial charge in [-0.25, -0.2) is 4.98 Å². The topological polar surface area (TPSA) is 42.0 Å². The fraction of sp³-hybridized carbons (Fsp3) is 0.286. The zero-order valence-electron chi connectivity index (χ0n) is 10.8. The van der Waals surface area contributed by atoms with E-state index in [4.69, 9.17) is 0 Å². The Morgan fingerprint density at radius 1 is 1.28 bits per heavy atom. The summed E-state index contributed by atoms with van der Waals surface area (Å²) in [4.78, 5) is 17.0. The smallest absolute Gasteiger partial charge is 0.263 e. The summed E-state index contributed by atoms with van der Waals surface area (Å²) >= 11 is 1.44. The lowest BCUT2D eigenvalue weighted by Crippen LogP contribution is -2.22. The van der Waals surface area contributed by atoms with Crippen molar-refractivity contribution in [1.29, 1.82) is 0 Å². The monoisotopic (exact) mass is 260 g/mol. The lowest BCUT2D eigenvalue weighted by Gasteiger charge is -1.98. The Labute approximate surface area is 111 Å². The average molecular weight is 260 g/mol. The molecular weight excluding hydrogens is 244 g/mol. The first-order chi connectivity index (χ1) is 8.61. The molecular formula is C14H16N2OS. The van der Waals surface area contributed by atoms with Gasteiger partial charge in [-0.3, -0.25) is 4.79 Å². The van der Waals surface area contributed by atoms with E-state index >= 15 is 0 Å². The number of thiazole rings is 1. The van der Waals surface area contributed by atoms with Crippen LogP contribution >= 0.6 is 11.3 Å². The van der Waals surface area contributed by atoms with E-state index < -0.39 is 0 Å². The number of hydrogen-bond acceptors (Lipinski definition) is 3. The number of nitrogens with zero attached hydrogens (tertiary/aromatic N) is 1. The second-order valence-electron chi connectivity index (χ2n) is 4.16. The molecule has 0 saturated carbocycles. The molecule has 1 aromatic heterocycles. The van der Waals surface area contributed by atoms with E-state index in [0.717, 1.165) is 16.3 Å². The lowest BCUT2D eigenvalue weighted by atomic mass is 10.2. The molecule has 3 nitrogen and oxygen atoms in total. The van der Waals surface area contributed by atoms with Crippen LogP contribution in [0.2, 0.25) is 0 Å². The minimum absolute atomic E-state index is 0.0362. The molecule has 0 bridgehead atoms. The Kier molecular flexibility index (Phi) is 3.77. The van der Waals surface area contributed by atoms with Crippen LogP contribution in [0.5, 0.6) is 0 Å². The number of carbonyl (C=O) groups is 1. The number of aryl methyl sites for hydroxylation is 2. The van der Waals surface area contributed by atoms with E-state index in [1.165, 1.54) is 16.9 Å². The molecule has 0 spiro atoms. The molecule has 4 heteroatoms. The molecule has 18 heavy (non-hydrogen) atoms. The van der Waals surface area contributed by atoms with Crippen molar-refractivity contribution >= 4 is 17.2 Å². The van der Waals surface area contributed by atoms with E-state index in [1.807, 2.05) is 26.0 Å². The molecule has 0 unspecified atom stereocenters. The van der Waals surface area contributed by atoms with Crippen molar-refractivity contribution < 1.29 is 4.79 Å². The maximum absolute atomic E-state index is 11.8. The quantitative estimate of drug-likeness (QED) is 0.921. The number of hydrogen-bond donors (Lipinski definition) is 1. The Bertz CT molecular complexity index is 558. The summed E-state index contributed by atoms with van der Waals surface area (Å²) in [5.74, 6) is -0.0362. The fourth-order valence-corrected chi connectivity index (χ4v) is 2.66. The molecule has 0 saturated heterocycles. The van der Waals surface area contributed by atoms with Gasteiger partial charge in [0.2, 0.25) is 0 Å². The van der Waals surface area contributed by atoms with Gasteiger partial charge in [-0.1, -0.05) is 29.8 Å². The molecule has 2 aromatic rings. The highest BCUT2D eigenvalue weighted by atomic mass is 32.1. The second-order valence-corrected chi connectivity index (χ2v) is 5.16. The first-order valence-corrected chi connectivity index (χ1v) is 6.76. The number of carbonyl (C=O) groups excluding carboxylic acids is 1. The van der Waals surface area contributed by atoms with E-state index in [2.05, 4.69) is 29.4 Å². The predicted molar refractivity (Wildman–Crippen MR) is 75.0 cm³/mol. The van der Waals surface area contributed by atoms with Gasteiger partial charge in [0.15, 0.2) is 0 Å². The van der Waals surface area contributed by atoms with Crippen molar-refractivity contribution in [3.63, 3.8) is 0 Å². The van der Waals surface area contributed by atoms with Gasteiger partial charge in [-0.15, -0.1) is 11.3 Å². The van der Waals surface area contributed by atoms with E-state index in [-0.39, 0.29) is 5.91 Å². The molecule has 1 aromatic carbocycles. The number of rotatable bonds is 3. The molecule has 2 rings (SSSR count). The maximum Gasteiger partial charge on any atom is 0.263 e. The largest absolute Gasteiger partial charge is 0.352 e. The summed E-state index contributed by atoms with van der Waals surface area (Å²) in [6.07, 6.45) is 0. The van der Waals surface area contributed by atoms with Gasteiger partial charge < -0.3 is 5.32 Å². The summed E-state index contributed by atoms with van der Waals surface area (Å²) in [5, 5.41) is 3.71.